The lowest BCUT2D eigenvalue weighted by atomic mass is 10.0. The van der Waals surface area contributed by atoms with Crippen LogP contribution in [0.5, 0.6) is 0 Å². The third kappa shape index (κ3) is 2.67. The first-order valence-corrected chi connectivity index (χ1v) is 4.24. The average molecular weight is 192 g/mol. The maximum atomic E-state index is 11.5. The van der Waals surface area contributed by atoms with Gasteiger partial charge in [-0.3, -0.25) is 9.59 Å². The van der Waals surface area contributed by atoms with E-state index in [-0.39, 0.29) is 12.2 Å². The molecule has 1 unspecified atom stereocenters. The van der Waals surface area contributed by atoms with Crippen molar-refractivity contribution in [2.45, 2.75) is 12.5 Å². The van der Waals surface area contributed by atoms with Gasteiger partial charge in [-0.25, -0.2) is 0 Å². The monoisotopic (exact) mass is 192 g/mol. The van der Waals surface area contributed by atoms with Crippen LogP contribution >= 0.6 is 0 Å². The molecule has 4 nitrogen and oxygen atoms in total. The number of primary amides is 1. The highest BCUT2D eigenvalue weighted by atomic mass is 16.1. The third-order valence-corrected chi connectivity index (χ3v) is 1.82. The van der Waals surface area contributed by atoms with E-state index >= 15 is 0 Å². The van der Waals surface area contributed by atoms with Gasteiger partial charge < -0.3 is 11.5 Å². The molecule has 0 aliphatic carbocycles. The van der Waals surface area contributed by atoms with Crippen molar-refractivity contribution in [1.29, 1.82) is 0 Å². The Morgan fingerprint density at radius 3 is 2.29 bits per heavy atom. The summed E-state index contributed by atoms with van der Waals surface area (Å²) in [7, 11) is 0. The minimum atomic E-state index is -0.838. The summed E-state index contributed by atoms with van der Waals surface area (Å²) in [6.07, 6.45) is -0.117. The fourth-order valence-electron chi connectivity index (χ4n) is 1.13. The van der Waals surface area contributed by atoms with Crippen molar-refractivity contribution in [1.82, 2.24) is 0 Å². The van der Waals surface area contributed by atoms with Gasteiger partial charge in [0.25, 0.3) is 0 Å². The molecule has 0 spiro atoms. The van der Waals surface area contributed by atoms with Gasteiger partial charge >= 0.3 is 0 Å². The van der Waals surface area contributed by atoms with Crippen molar-refractivity contribution in [3.63, 3.8) is 0 Å². The third-order valence-electron chi connectivity index (χ3n) is 1.82. The predicted octanol–water partition coefficient (Wildman–Crippen LogP) is 0.0720. The van der Waals surface area contributed by atoms with E-state index < -0.39 is 11.9 Å². The largest absolute Gasteiger partial charge is 0.370 e. The van der Waals surface area contributed by atoms with Gasteiger partial charge in [-0.15, -0.1) is 0 Å². The minimum Gasteiger partial charge on any atom is -0.370 e. The van der Waals surface area contributed by atoms with E-state index in [9.17, 15) is 9.59 Å². The molecule has 0 saturated carbocycles. The van der Waals surface area contributed by atoms with Crippen LogP contribution in [0.25, 0.3) is 0 Å². The Balaban J connectivity index is 2.71. The molecular formula is C10H12N2O2. The van der Waals surface area contributed by atoms with E-state index in [1.54, 1.807) is 30.3 Å². The van der Waals surface area contributed by atoms with Gasteiger partial charge in [0.05, 0.1) is 6.04 Å². The lowest BCUT2D eigenvalue weighted by Gasteiger charge is -2.07. The maximum Gasteiger partial charge on any atom is 0.219 e. The van der Waals surface area contributed by atoms with Gasteiger partial charge in [-0.05, 0) is 0 Å². The fourth-order valence-corrected chi connectivity index (χ4v) is 1.13. The van der Waals surface area contributed by atoms with Crippen LogP contribution in [-0.4, -0.2) is 17.7 Å². The van der Waals surface area contributed by atoms with Crippen LogP contribution in [0.2, 0.25) is 0 Å². The lowest BCUT2D eigenvalue weighted by Crippen LogP contribution is -2.35. The molecule has 0 aliphatic heterocycles. The van der Waals surface area contributed by atoms with Gasteiger partial charge in [-0.1, -0.05) is 30.3 Å². The van der Waals surface area contributed by atoms with Crippen molar-refractivity contribution in [2.75, 3.05) is 0 Å². The van der Waals surface area contributed by atoms with Crippen LogP contribution < -0.4 is 11.5 Å². The van der Waals surface area contributed by atoms with Gasteiger partial charge in [-0.2, -0.15) is 0 Å². The predicted molar refractivity (Wildman–Crippen MR) is 52.6 cm³/mol. The van der Waals surface area contributed by atoms with Crippen LogP contribution in [0.4, 0.5) is 0 Å². The van der Waals surface area contributed by atoms with E-state index in [4.69, 9.17) is 11.5 Å². The number of amides is 1. The van der Waals surface area contributed by atoms with Crippen molar-refractivity contribution in [3.8, 4) is 0 Å². The van der Waals surface area contributed by atoms with E-state index in [2.05, 4.69) is 0 Å². The molecule has 1 amide bonds. The van der Waals surface area contributed by atoms with Crippen LogP contribution in [0.15, 0.2) is 30.3 Å². The molecule has 4 heteroatoms. The van der Waals surface area contributed by atoms with Crippen molar-refractivity contribution < 1.29 is 9.59 Å². The van der Waals surface area contributed by atoms with Crippen molar-refractivity contribution in [3.05, 3.63) is 35.9 Å². The zero-order valence-corrected chi connectivity index (χ0v) is 7.64. The molecule has 1 rings (SSSR count). The van der Waals surface area contributed by atoms with E-state index in [1.807, 2.05) is 0 Å². The molecule has 0 heterocycles. The molecule has 0 fully saturated rings. The van der Waals surface area contributed by atoms with Gasteiger partial charge in [0.15, 0.2) is 5.78 Å². The number of nitrogens with two attached hydrogens (primary N) is 2. The highest BCUT2D eigenvalue weighted by Gasteiger charge is 2.16. The van der Waals surface area contributed by atoms with E-state index in [0.29, 0.717) is 5.56 Å². The number of carbonyl (C=O) groups is 2. The molecular weight excluding hydrogens is 180 g/mol. The standard InChI is InChI=1S/C10H12N2O2/c11-8(6-9(12)13)10(14)7-4-2-1-3-5-7/h1-5,8H,6,11H2,(H2,12,13). The van der Waals surface area contributed by atoms with Crippen LogP contribution in [0.3, 0.4) is 0 Å². The highest BCUT2D eigenvalue weighted by Crippen LogP contribution is 2.03. The summed E-state index contributed by atoms with van der Waals surface area (Å²) < 4.78 is 0. The maximum absolute atomic E-state index is 11.5. The Morgan fingerprint density at radius 1 is 1.21 bits per heavy atom. The Kier molecular flexibility index (Phi) is 3.36. The van der Waals surface area contributed by atoms with Crippen molar-refractivity contribution >= 4 is 11.7 Å². The second-order valence-corrected chi connectivity index (χ2v) is 3.01. The van der Waals surface area contributed by atoms with E-state index in [0.717, 1.165) is 0 Å². The SMILES string of the molecule is NC(=O)CC(N)C(=O)c1ccccc1. The molecule has 1 aromatic carbocycles. The zero-order chi connectivity index (χ0) is 10.6. The first-order valence-electron chi connectivity index (χ1n) is 4.24. The Morgan fingerprint density at radius 2 is 1.79 bits per heavy atom. The van der Waals surface area contributed by atoms with Gasteiger partial charge in [0, 0.05) is 12.0 Å². The Labute approximate surface area is 81.9 Å². The summed E-state index contributed by atoms with van der Waals surface area (Å²) in [4.78, 5) is 22.1. The van der Waals surface area contributed by atoms with E-state index in [1.165, 1.54) is 0 Å². The normalized spacial score (nSPS) is 12.1. The molecule has 0 saturated heterocycles. The topological polar surface area (TPSA) is 86.2 Å². The molecule has 1 atom stereocenters. The summed E-state index contributed by atoms with van der Waals surface area (Å²) in [5, 5.41) is 0. The summed E-state index contributed by atoms with van der Waals surface area (Å²) >= 11 is 0. The van der Waals surface area contributed by atoms with Gasteiger partial charge in [0.1, 0.15) is 0 Å². The smallest absolute Gasteiger partial charge is 0.219 e. The van der Waals surface area contributed by atoms with Crippen LogP contribution in [0.1, 0.15) is 16.8 Å². The number of hydrogen-bond donors (Lipinski definition) is 2. The highest BCUT2D eigenvalue weighted by molar-refractivity contribution is 6.01. The minimum absolute atomic E-state index is 0.117. The van der Waals surface area contributed by atoms with Crippen molar-refractivity contribution in [2.24, 2.45) is 11.5 Å². The summed E-state index contributed by atoms with van der Waals surface area (Å²) in [6, 6.07) is 7.76. The molecule has 0 bridgehead atoms. The number of hydrogen-bond acceptors (Lipinski definition) is 3. The lowest BCUT2D eigenvalue weighted by molar-refractivity contribution is -0.118. The van der Waals surface area contributed by atoms with Crippen LogP contribution in [-0.2, 0) is 4.79 Å². The molecule has 74 valence electrons. The zero-order valence-electron chi connectivity index (χ0n) is 7.64. The summed E-state index contributed by atoms with van der Waals surface area (Å²) in [5.41, 5.74) is 10.9. The average Bonchev–Trinajstić information content (AvgIpc) is 2.17. The molecule has 0 aromatic heterocycles. The number of rotatable bonds is 4. The second-order valence-electron chi connectivity index (χ2n) is 3.01. The molecule has 14 heavy (non-hydrogen) atoms. The number of ketones is 1. The quantitative estimate of drug-likeness (QED) is 0.662. The van der Waals surface area contributed by atoms with Gasteiger partial charge in [0.2, 0.25) is 5.91 Å². The molecule has 1 aromatic rings. The summed E-state index contributed by atoms with van der Waals surface area (Å²) in [5.74, 6) is -0.828. The molecule has 0 radical (unpaired) electrons. The first-order chi connectivity index (χ1) is 6.61. The number of carbonyl (C=O) groups excluding carboxylic acids is 2. The number of benzene rings is 1. The Bertz CT molecular complexity index is 335. The first kappa shape index (κ1) is 10.4. The molecule has 0 aliphatic rings. The Hall–Kier alpha value is -1.68. The molecule has 4 N–H and O–H groups in total. The fraction of sp³-hybridized carbons (Fsp3) is 0.200. The van der Waals surface area contributed by atoms with Crippen LogP contribution in [0, 0.1) is 0 Å². The summed E-state index contributed by atoms with van der Waals surface area (Å²) in [6.45, 7) is 0. The second kappa shape index (κ2) is 4.53. The number of Topliss-reactive ketones (excluding diaryl/α,β-unsaturated/α-hetero) is 1.